The number of carbonyl (C=O) groups is 6. The van der Waals surface area contributed by atoms with Gasteiger partial charge < -0.3 is 56.8 Å². The van der Waals surface area contributed by atoms with Crippen LogP contribution in [0.15, 0.2) is 193 Å². The third-order valence-electron chi connectivity index (χ3n) is 19.2. The lowest BCUT2D eigenvalue weighted by Crippen LogP contribution is -2.10. The summed E-state index contributed by atoms with van der Waals surface area (Å²) in [5.74, 6) is -3.79. The summed E-state index contributed by atoms with van der Waals surface area (Å²) in [4.78, 5) is 68.8. The lowest BCUT2D eigenvalue weighted by atomic mass is 10.1. The topological polar surface area (TPSA) is 213 Å². The zero-order valence-electron chi connectivity index (χ0n) is 76.3. The molecule has 0 aromatic heterocycles. The number of hydrogen-bond acceptors (Lipinski definition) is 18. The fraction of sp³-hybridized carbons (Fsp3) is 0.243. The zero-order valence-corrected chi connectivity index (χ0v) is 85.3. The minimum atomic E-state index is -0.606. The number of hydrogen-bond donors (Lipinski definition) is 0. The number of esters is 6. The summed E-state index contributed by atoms with van der Waals surface area (Å²) in [5, 5.41) is 2.83. The van der Waals surface area contributed by atoms with Crippen LogP contribution in [0, 0.1) is 92.8 Å². The highest BCUT2D eigenvalue weighted by atomic mass is 127. The molecule has 0 aliphatic carbocycles. The second-order valence-corrected chi connectivity index (χ2v) is 34.3. The summed E-state index contributed by atoms with van der Waals surface area (Å²) in [6.07, 6.45) is 1.46. The standard InChI is InChI=1S/C18H18ClFO3.C17H15BrClFO3.C17H15Cl2FO3.C17H15ClF2O3.C17H15ClFIO3.C17H16ClFO3/c1-4-18(21)23-16-7-5-6-11(2)13(16)10-22-17-9-14(19)12(3)8-15(17)20;2*1-3-17(21)23-15-6-4-5-12(18)11(15)9-22-16-8-13(19)10(2)7-14(16)20;1-3-17(21)23-15-6-4-5-13(19)11(15)9-22-16-8-12(18)10(2)7-14(16)20;1-3-17(21)23-15-6-4-5-14(20)11(15)9-22-16-8-12(18)10(2)7-13(16)19;1-3-17(20)22-15-7-5-4-6-12(15)10-21-16-9-13(18)11(2)8-14(16)19/h5-9H,4,10H2,1-3H3;4*4-8H,3,9H2,1-2H3;4-9H,3,10H2,1-2H3. The van der Waals surface area contributed by atoms with Crippen molar-refractivity contribution in [2.45, 2.75) is 168 Å². The fourth-order valence-corrected chi connectivity index (χ4v) is 13.5. The van der Waals surface area contributed by atoms with Gasteiger partial charge in [-0.05, 0) is 207 Å². The van der Waals surface area contributed by atoms with E-state index < -0.39 is 52.7 Å². The van der Waals surface area contributed by atoms with Crippen LogP contribution in [-0.4, -0.2) is 35.8 Å². The predicted molar refractivity (Wildman–Crippen MR) is 527 cm³/mol. The van der Waals surface area contributed by atoms with Crippen LogP contribution in [0.5, 0.6) is 69.0 Å². The number of para-hydroxylation sites is 1. The van der Waals surface area contributed by atoms with E-state index in [1.807, 2.05) is 19.1 Å². The van der Waals surface area contributed by atoms with E-state index in [0.717, 1.165) is 9.13 Å². The minimum Gasteiger partial charge on any atom is -0.486 e. The highest BCUT2D eigenvalue weighted by molar-refractivity contribution is 14.1. The third-order valence-corrected chi connectivity index (χ3v) is 23.8. The van der Waals surface area contributed by atoms with Crippen molar-refractivity contribution in [1.29, 1.82) is 0 Å². The monoisotopic (exact) mass is 2200 g/mol. The summed E-state index contributed by atoms with van der Waals surface area (Å²) in [6, 6.07) is 48.2. The molecule has 137 heavy (non-hydrogen) atoms. The van der Waals surface area contributed by atoms with Gasteiger partial charge in [-0.3, -0.25) is 28.8 Å². The van der Waals surface area contributed by atoms with Crippen LogP contribution in [0.4, 0.5) is 30.7 Å². The van der Waals surface area contributed by atoms with Crippen molar-refractivity contribution in [2.24, 2.45) is 0 Å². The summed E-state index contributed by atoms with van der Waals surface area (Å²) >= 11 is 47.5. The number of rotatable bonds is 30. The molecule has 0 atom stereocenters. The zero-order chi connectivity index (χ0) is 101. The molecule has 0 amide bonds. The first kappa shape index (κ1) is 113. The molecule has 12 aromatic rings. The summed E-state index contributed by atoms with van der Waals surface area (Å²) in [7, 11) is 0. The fourth-order valence-electron chi connectivity index (χ4n) is 11.3. The molecule has 0 bridgehead atoms. The number of ether oxygens (including phenoxy) is 12. The first-order valence-corrected chi connectivity index (χ1v) is 46.6. The molecule has 34 heteroatoms. The van der Waals surface area contributed by atoms with Crippen molar-refractivity contribution in [3.8, 4) is 69.0 Å². The number of halogens is 16. The molecule has 0 N–H and O–H groups in total. The van der Waals surface area contributed by atoms with Gasteiger partial charge >= 0.3 is 35.8 Å². The Bertz CT molecular complexity index is 5550. The third kappa shape index (κ3) is 35.1. The van der Waals surface area contributed by atoms with Crippen LogP contribution >= 0.6 is 120 Å². The maximum Gasteiger partial charge on any atom is 0.310 e. The minimum absolute atomic E-state index is 0.00767. The predicted octanol–water partition coefficient (Wildman–Crippen LogP) is 30.6. The van der Waals surface area contributed by atoms with Gasteiger partial charge in [0.05, 0.1) is 16.1 Å². The van der Waals surface area contributed by atoms with Crippen molar-refractivity contribution < 1.29 is 116 Å². The maximum atomic E-state index is 14.0. The Labute approximate surface area is 846 Å². The van der Waals surface area contributed by atoms with E-state index in [-0.39, 0.29) is 148 Å². The van der Waals surface area contributed by atoms with Crippen LogP contribution in [-0.2, 0) is 68.4 Å². The van der Waals surface area contributed by atoms with E-state index in [9.17, 15) is 59.5 Å². The largest absolute Gasteiger partial charge is 0.486 e. The lowest BCUT2D eigenvalue weighted by molar-refractivity contribution is -0.135. The summed E-state index contributed by atoms with van der Waals surface area (Å²) in [5.41, 5.74) is 7.79. The molecule has 0 heterocycles. The normalized spacial score (nSPS) is 10.5. The van der Waals surface area contributed by atoms with Crippen molar-refractivity contribution >= 4 is 156 Å². The molecule has 18 nitrogen and oxygen atoms in total. The Morgan fingerprint density at radius 2 is 0.496 bits per heavy atom. The highest BCUT2D eigenvalue weighted by Crippen LogP contribution is 2.39. The molecule has 0 unspecified atom stereocenters. The SMILES string of the molecule is CCC(=O)Oc1cccc(Br)c1COc1cc(Cl)c(C)cc1F.CCC(=O)Oc1cccc(C)c1COc1cc(Cl)c(C)cc1F.CCC(=O)Oc1cccc(Cl)c1COc1cc(Cl)c(C)cc1F.CCC(=O)Oc1cccc(F)c1COc1cc(Cl)c(C)cc1F.CCC(=O)Oc1cccc(I)c1COc1cc(Cl)c(C)cc1F.CCC(=O)Oc1ccccc1COc1cc(Cl)c(C)cc1F. The average molecular weight is 2210 g/mol. The quantitative estimate of drug-likeness (QED) is 0.0177. The van der Waals surface area contributed by atoms with Crippen LogP contribution in [0.1, 0.15) is 152 Å². The van der Waals surface area contributed by atoms with Crippen LogP contribution in [0.3, 0.4) is 0 Å². The molecular formula is C103H94BrCl7F7IO18. The van der Waals surface area contributed by atoms with E-state index in [1.54, 1.807) is 168 Å². The second kappa shape index (κ2) is 56.2. The molecule has 0 aliphatic rings. The van der Waals surface area contributed by atoms with Gasteiger partial charge in [0.1, 0.15) is 80.0 Å². The van der Waals surface area contributed by atoms with Gasteiger partial charge in [0.25, 0.3) is 0 Å². The molecule has 726 valence electrons. The molecular weight excluding hydrogens is 2110 g/mol. The van der Waals surface area contributed by atoms with Gasteiger partial charge in [0, 0.05) is 135 Å². The summed E-state index contributed by atoms with van der Waals surface area (Å²) < 4.78 is 163. The van der Waals surface area contributed by atoms with Crippen molar-refractivity contribution in [1.82, 2.24) is 0 Å². The van der Waals surface area contributed by atoms with Gasteiger partial charge in [0.2, 0.25) is 0 Å². The molecule has 0 radical (unpaired) electrons. The van der Waals surface area contributed by atoms with Gasteiger partial charge in [-0.1, -0.05) is 193 Å². The highest BCUT2D eigenvalue weighted by Gasteiger charge is 2.23. The molecule has 12 rings (SSSR count). The van der Waals surface area contributed by atoms with Crippen molar-refractivity contribution in [2.75, 3.05) is 0 Å². The number of aryl methyl sites for hydroxylation is 7. The van der Waals surface area contributed by atoms with E-state index in [2.05, 4.69) is 38.5 Å². The second-order valence-electron chi connectivity index (χ2n) is 29.4. The van der Waals surface area contributed by atoms with E-state index >= 15 is 0 Å². The smallest absolute Gasteiger partial charge is 0.310 e. The first-order chi connectivity index (χ1) is 65.1. The Hall–Kier alpha value is -11.0. The van der Waals surface area contributed by atoms with Crippen LogP contribution in [0.2, 0.25) is 35.2 Å². The van der Waals surface area contributed by atoms with Gasteiger partial charge in [-0.2, -0.15) is 0 Å². The van der Waals surface area contributed by atoms with Gasteiger partial charge in [-0.15, -0.1) is 0 Å². The van der Waals surface area contributed by atoms with Gasteiger partial charge in [-0.25, -0.2) is 30.7 Å². The molecule has 0 fully saturated rings. The Morgan fingerprint density at radius 1 is 0.248 bits per heavy atom. The number of carbonyl (C=O) groups excluding carboxylic acids is 6. The summed E-state index contributed by atoms with van der Waals surface area (Å²) in [6.45, 7) is 22.2. The lowest BCUT2D eigenvalue weighted by Gasteiger charge is -2.14. The van der Waals surface area contributed by atoms with Crippen molar-refractivity contribution in [3.05, 3.63) is 344 Å². The number of benzene rings is 12. The maximum absolute atomic E-state index is 14.0. The Morgan fingerprint density at radius 3 is 0.854 bits per heavy atom. The van der Waals surface area contributed by atoms with Crippen molar-refractivity contribution in [3.63, 3.8) is 0 Å². The van der Waals surface area contributed by atoms with Crippen LogP contribution in [0.25, 0.3) is 0 Å². The average Bonchev–Trinajstić information content (AvgIpc) is 0.837. The molecule has 0 aliphatic heterocycles. The Kier molecular flexibility index (Phi) is 46.3. The van der Waals surface area contributed by atoms with E-state index in [4.69, 9.17) is 138 Å². The van der Waals surface area contributed by atoms with E-state index in [1.165, 1.54) is 91.0 Å². The van der Waals surface area contributed by atoms with Gasteiger partial charge in [0.15, 0.2) is 69.4 Å². The van der Waals surface area contributed by atoms with Crippen LogP contribution < -0.4 is 56.8 Å². The molecule has 0 saturated carbocycles. The first-order valence-electron chi connectivity index (χ1n) is 42.1. The molecule has 0 spiro atoms. The van der Waals surface area contributed by atoms with E-state index in [0.29, 0.717) is 130 Å². The molecule has 0 saturated heterocycles. The molecule has 12 aromatic carbocycles. The Balaban J connectivity index is 0.000000224.